The van der Waals surface area contributed by atoms with Crippen LogP contribution in [0, 0.1) is 6.92 Å². The number of benzene rings is 1. The van der Waals surface area contributed by atoms with E-state index in [0.29, 0.717) is 6.04 Å². The second-order valence-corrected chi connectivity index (χ2v) is 6.83. The molecular formula is C19H25N7. The number of nitrogens with one attached hydrogen (secondary N) is 3. The van der Waals surface area contributed by atoms with Crippen LogP contribution in [0.5, 0.6) is 0 Å². The van der Waals surface area contributed by atoms with Crippen molar-refractivity contribution >= 4 is 28.4 Å². The first-order valence-corrected chi connectivity index (χ1v) is 9.25. The van der Waals surface area contributed by atoms with E-state index in [4.69, 9.17) is 4.98 Å². The summed E-state index contributed by atoms with van der Waals surface area (Å²) in [6.45, 7) is 7.13. The summed E-state index contributed by atoms with van der Waals surface area (Å²) >= 11 is 0. The summed E-state index contributed by atoms with van der Waals surface area (Å²) in [7, 11) is 0. The number of anilines is 3. The number of aryl methyl sites for hydroxylation is 1. The standard InChI is InChI=1S/C19H25N7/c1-3-15-6-8-26(9-7-20-15)19-22-13(2)10-18(24-19)23-16-4-5-17-14(11-16)12-21-25-17/h4-5,10-12,15,20H,3,6-9H2,1-2H3,(H,21,25)(H,22,23,24). The Labute approximate surface area is 153 Å². The third-order valence-corrected chi connectivity index (χ3v) is 4.89. The van der Waals surface area contributed by atoms with Crippen molar-refractivity contribution in [1.82, 2.24) is 25.5 Å². The summed E-state index contributed by atoms with van der Waals surface area (Å²) in [5.74, 6) is 1.62. The number of nitrogens with zero attached hydrogens (tertiary/aromatic N) is 4. The SMILES string of the molecule is CCC1CCN(c2nc(C)cc(Nc3ccc4[nH]ncc4c3)n2)CCN1. The molecule has 1 saturated heterocycles. The average Bonchev–Trinajstić information content (AvgIpc) is 2.96. The Balaban J connectivity index is 1.55. The highest BCUT2D eigenvalue weighted by Gasteiger charge is 2.18. The van der Waals surface area contributed by atoms with Crippen molar-refractivity contribution in [2.75, 3.05) is 29.9 Å². The lowest BCUT2D eigenvalue weighted by Crippen LogP contribution is -2.30. The molecule has 0 aliphatic carbocycles. The summed E-state index contributed by atoms with van der Waals surface area (Å²) < 4.78 is 0. The normalized spacial score (nSPS) is 18.1. The van der Waals surface area contributed by atoms with Crippen molar-refractivity contribution in [3.63, 3.8) is 0 Å². The lowest BCUT2D eigenvalue weighted by Gasteiger charge is -2.21. The summed E-state index contributed by atoms with van der Waals surface area (Å²) in [6.07, 6.45) is 4.10. The van der Waals surface area contributed by atoms with Gasteiger partial charge in [-0.05, 0) is 38.0 Å². The van der Waals surface area contributed by atoms with Crippen molar-refractivity contribution in [2.45, 2.75) is 32.7 Å². The minimum atomic E-state index is 0.587. The van der Waals surface area contributed by atoms with Gasteiger partial charge in [-0.2, -0.15) is 10.1 Å². The molecule has 136 valence electrons. The smallest absolute Gasteiger partial charge is 0.227 e. The molecule has 0 radical (unpaired) electrons. The Kier molecular flexibility index (Phi) is 4.71. The molecular weight excluding hydrogens is 326 g/mol. The minimum absolute atomic E-state index is 0.587. The number of hydrogen-bond donors (Lipinski definition) is 3. The van der Waals surface area contributed by atoms with Crippen LogP contribution in [0.25, 0.3) is 10.9 Å². The van der Waals surface area contributed by atoms with Gasteiger partial charge < -0.3 is 15.5 Å². The van der Waals surface area contributed by atoms with E-state index < -0.39 is 0 Å². The van der Waals surface area contributed by atoms with E-state index in [1.54, 1.807) is 0 Å². The van der Waals surface area contributed by atoms with Gasteiger partial charge in [0, 0.05) is 48.5 Å². The van der Waals surface area contributed by atoms with Crippen LogP contribution in [0.2, 0.25) is 0 Å². The first-order valence-electron chi connectivity index (χ1n) is 9.25. The molecule has 1 fully saturated rings. The molecule has 0 saturated carbocycles. The predicted molar refractivity (Wildman–Crippen MR) is 105 cm³/mol. The van der Waals surface area contributed by atoms with Crippen molar-refractivity contribution in [3.8, 4) is 0 Å². The van der Waals surface area contributed by atoms with Gasteiger partial charge in [-0.25, -0.2) is 4.98 Å². The summed E-state index contributed by atoms with van der Waals surface area (Å²) in [5.41, 5.74) is 2.98. The Hall–Kier alpha value is -2.67. The Morgan fingerprint density at radius 3 is 3.04 bits per heavy atom. The number of H-pyrrole nitrogens is 1. The summed E-state index contributed by atoms with van der Waals surface area (Å²) in [6, 6.07) is 8.68. The molecule has 0 amide bonds. The maximum Gasteiger partial charge on any atom is 0.227 e. The molecule has 3 aromatic rings. The van der Waals surface area contributed by atoms with Crippen molar-refractivity contribution in [2.24, 2.45) is 0 Å². The number of hydrogen-bond acceptors (Lipinski definition) is 6. The fourth-order valence-corrected chi connectivity index (χ4v) is 3.40. The van der Waals surface area contributed by atoms with E-state index in [2.05, 4.69) is 43.7 Å². The summed E-state index contributed by atoms with van der Waals surface area (Å²) in [4.78, 5) is 11.7. The quantitative estimate of drug-likeness (QED) is 0.670. The monoisotopic (exact) mass is 351 g/mol. The largest absolute Gasteiger partial charge is 0.340 e. The maximum atomic E-state index is 4.77. The second-order valence-electron chi connectivity index (χ2n) is 6.83. The van der Waals surface area contributed by atoms with E-state index in [9.17, 15) is 0 Å². The van der Waals surface area contributed by atoms with Gasteiger partial charge in [0.1, 0.15) is 5.82 Å². The fraction of sp³-hybridized carbons (Fsp3) is 0.421. The first-order chi connectivity index (χ1) is 12.7. The molecule has 1 aliphatic heterocycles. The van der Waals surface area contributed by atoms with Crippen LogP contribution in [0.1, 0.15) is 25.5 Å². The van der Waals surface area contributed by atoms with E-state index in [0.717, 1.165) is 66.5 Å². The zero-order chi connectivity index (χ0) is 17.9. The number of aromatic amines is 1. The van der Waals surface area contributed by atoms with Gasteiger partial charge in [-0.3, -0.25) is 5.10 Å². The topological polar surface area (TPSA) is 81.8 Å². The number of fused-ring (bicyclic) bond motifs is 1. The maximum absolute atomic E-state index is 4.77. The highest BCUT2D eigenvalue weighted by Crippen LogP contribution is 2.22. The molecule has 3 heterocycles. The lowest BCUT2D eigenvalue weighted by atomic mass is 10.1. The Morgan fingerprint density at radius 1 is 1.23 bits per heavy atom. The molecule has 7 heteroatoms. The van der Waals surface area contributed by atoms with E-state index >= 15 is 0 Å². The van der Waals surface area contributed by atoms with Crippen LogP contribution in [-0.4, -0.2) is 45.8 Å². The molecule has 1 aromatic carbocycles. The summed E-state index contributed by atoms with van der Waals surface area (Å²) in [5, 5.41) is 15.1. The molecule has 1 aliphatic rings. The Bertz CT molecular complexity index is 888. The fourth-order valence-electron chi connectivity index (χ4n) is 3.40. The second kappa shape index (κ2) is 7.29. The number of rotatable bonds is 4. The van der Waals surface area contributed by atoms with Crippen LogP contribution >= 0.6 is 0 Å². The highest BCUT2D eigenvalue weighted by atomic mass is 15.3. The van der Waals surface area contributed by atoms with E-state index in [1.807, 2.05) is 31.3 Å². The van der Waals surface area contributed by atoms with Crippen LogP contribution in [0.4, 0.5) is 17.5 Å². The average molecular weight is 351 g/mol. The van der Waals surface area contributed by atoms with Crippen LogP contribution in [0.3, 0.4) is 0 Å². The van der Waals surface area contributed by atoms with Gasteiger partial charge in [0.25, 0.3) is 0 Å². The predicted octanol–water partition coefficient (Wildman–Crippen LogP) is 2.98. The van der Waals surface area contributed by atoms with Gasteiger partial charge in [0.2, 0.25) is 5.95 Å². The molecule has 0 bridgehead atoms. The zero-order valence-corrected chi connectivity index (χ0v) is 15.3. The molecule has 7 nitrogen and oxygen atoms in total. The zero-order valence-electron chi connectivity index (χ0n) is 15.3. The van der Waals surface area contributed by atoms with Crippen molar-refractivity contribution in [1.29, 1.82) is 0 Å². The van der Waals surface area contributed by atoms with Gasteiger partial charge in [0.15, 0.2) is 0 Å². The van der Waals surface area contributed by atoms with Gasteiger partial charge in [-0.1, -0.05) is 6.92 Å². The third-order valence-electron chi connectivity index (χ3n) is 4.89. The van der Waals surface area contributed by atoms with E-state index in [1.165, 1.54) is 0 Å². The molecule has 4 rings (SSSR count). The minimum Gasteiger partial charge on any atom is -0.340 e. The third kappa shape index (κ3) is 3.62. The first kappa shape index (κ1) is 16.8. The highest BCUT2D eigenvalue weighted by molar-refractivity contribution is 5.82. The molecule has 0 spiro atoms. The molecule has 1 unspecified atom stereocenters. The number of aromatic nitrogens is 4. The van der Waals surface area contributed by atoms with Gasteiger partial charge in [-0.15, -0.1) is 0 Å². The molecule has 3 N–H and O–H groups in total. The molecule has 1 atom stereocenters. The van der Waals surface area contributed by atoms with E-state index in [-0.39, 0.29) is 0 Å². The van der Waals surface area contributed by atoms with Crippen molar-refractivity contribution < 1.29 is 0 Å². The van der Waals surface area contributed by atoms with Crippen LogP contribution in [0.15, 0.2) is 30.5 Å². The van der Waals surface area contributed by atoms with Crippen molar-refractivity contribution in [3.05, 3.63) is 36.2 Å². The Morgan fingerprint density at radius 2 is 2.15 bits per heavy atom. The van der Waals surface area contributed by atoms with Gasteiger partial charge >= 0.3 is 0 Å². The lowest BCUT2D eigenvalue weighted by molar-refractivity contribution is 0.509. The van der Waals surface area contributed by atoms with Gasteiger partial charge in [0.05, 0.1) is 11.7 Å². The molecule has 26 heavy (non-hydrogen) atoms. The van der Waals surface area contributed by atoms with Crippen LogP contribution < -0.4 is 15.5 Å². The molecule has 2 aromatic heterocycles. The van der Waals surface area contributed by atoms with Crippen LogP contribution in [-0.2, 0) is 0 Å².